The van der Waals surface area contributed by atoms with Crippen LogP contribution in [0.1, 0.15) is 75.7 Å². The molecule has 2 atom stereocenters. The molecular formula is C29H39N7O2. The average molecular weight is 518 g/mol. The van der Waals surface area contributed by atoms with Crippen molar-refractivity contribution in [2.45, 2.75) is 64.6 Å². The highest BCUT2D eigenvalue weighted by Gasteiger charge is 2.27. The maximum Gasteiger partial charge on any atom is 0.327 e. The number of rotatable bonds is 9. The Kier molecular flexibility index (Phi) is 7.65. The molecule has 1 amide bonds. The number of aromatic nitrogens is 4. The molecule has 3 aromatic rings. The molecule has 2 aromatic heterocycles. The lowest BCUT2D eigenvalue weighted by molar-refractivity contribution is -0.128. The van der Waals surface area contributed by atoms with Gasteiger partial charge in [0.2, 0.25) is 11.9 Å². The summed E-state index contributed by atoms with van der Waals surface area (Å²) < 4.78 is 1.78. The summed E-state index contributed by atoms with van der Waals surface area (Å²) in [5.41, 5.74) is 3.69. The number of hydrogen-bond donors (Lipinski definition) is 2. The molecule has 0 bridgehead atoms. The lowest BCUT2D eigenvalue weighted by Gasteiger charge is -2.40. The van der Waals surface area contributed by atoms with Crippen LogP contribution in [-0.4, -0.2) is 61.4 Å². The van der Waals surface area contributed by atoms with Gasteiger partial charge in [0, 0.05) is 38.3 Å². The third-order valence-electron chi connectivity index (χ3n) is 8.00. The molecule has 2 aliphatic rings. The van der Waals surface area contributed by atoms with E-state index < -0.39 is 0 Å². The van der Waals surface area contributed by atoms with Gasteiger partial charge in [0.15, 0.2) is 5.65 Å². The first-order valence-corrected chi connectivity index (χ1v) is 13.8. The predicted octanol–water partition coefficient (Wildman–Crippen LogP) is 4.44. The Hall–Kier alpha value is -3.46. The van der Waals surface area contributed by atoms with Crippen LogP contribution in [0.2, 0.25) is 0 Å². The van der Waals surface area contributed by atoms with Crippen LogP contribution in [0.15, 0.2) is 47.9 Å². The molecule has 5 rings (SSSR count). The number of imidazole rings is 1. The predicted molar refractivity (Wildman–Crippen MR) is 150 cm³/mol. The number of fused-ring (bicyclic) bond motifs is 1. The van der Waals surface area contributed by atoms with Gasteiger partial charge in [-0.05, 0) is 55.7 Å². The van der Waals surface area contributed by atoms with Gasteiger partial charge in [-0.15, -0.1) is 0 Å². The van der Waals surface area contributed by atoms with Crippen LogP contribution >= 0.6 is 0 Å². The zero-order chi connectivity index (χ0) is 26.8. The van der Waals surface area contributed by atoms with Crippen molar-refractivity contribution in [3.63, 3.8) is 0 Å². The molecule has 0 spiro atoms. The summed E-state index contributed by atoms with van der Waals surface area (Å²) in [6.45, 7) is 13.4. The lowest BCUT2D eigenvalue weighted by atomic mass is 9.93. The van der Waals surface area contributed by atoms with E-state index in [4.69, 9.17) is 4.98 Å². The monoisotopic (exact) mass is 517 g/mol. The molecule has 3 heterocycles. The van der Waals surface area contributed by atoms with Crippen molar-refractivity contribution in [2.75, 3.05) is 31.5 Å². The van der Waals surface area contributed by atoms with Gasteiger partial charge in [-0.2, -0.15) is 4.98 Å². The Morgan fingerprint density at radius 1 is 1.13 bits per heavy atom. The van der Waals surface area contributed by atoms with Crippen LogP contribution < -0.4 is 11.0 Å². The van der Waals surface area contributed by atoms with Gasteiger partial charge in [-0.25, -0.2) is 9.78 Å². The van der Waals surface area contributed by atoms with E-state index in [1.807, 2.05) is 4.90 Å². The highest BCUT2D eigenvalue weighted by Crippen LogP contribution is 2.33. The fourth-order valence-corrected chi connectivity index (χ4v) is 5.58. The third-order valence-corrected chi connectivity index (χ3v) is 8.00. The minimum atomic E-state index is -0.107. The number of nitrogens with zero attached hydrogens (tertiary/aromatic N) is 5. The highest BCUT2D eigenvalue weighted by molar-refractivity contribution is 5.87. The summed E-state index contributed by atoms with van der Waals surface area (Å²) in [4.78, 5) is 40.9. The van der Waals surface area contributed by atoms with Gasteiger partial charge in [0.1, 0.15) is 5.52 Å². The van der Waals surface area contributed by atoms with Gasteiger partial charge >= 0.3 is 5.69 Å². The van der Waals surface area contributed by atoms with E-state index >= 15 is 0 Å². The average Bonchev–Trinajstić information content (AvgIpc) is 3.21. The molecule has 1 aliphatic heterocycles. The fourth-order valence-electron chi connectivity index (χ4n) is 5.58. The molecule has 1 saturated heterocycles. The Morgan fingerprint density at radius 3 is 2.42 bits per heavy atom. The number of benzene rings is 1. The van der Waals surface area contributed by atoms with Crippen molar-refractivity contribution in [3.8, 4) is 0 Å². The van der Waals surface area contributed by atoms with Gasteiger partial charge in [-0.1, -0.05) is 44.7 Å². The lowest BCUT2D eigenvalue weighted by Crippen LogP contribution is -2.49. The van der Waals surface area contributed by atoms with Crippen molar-refractivity contribution in [2.24, 2.45) is 5.92 Å². The Bertz CT molecular complexity index is 1330. The number of piperazine rings is 1. The molecule has 9 heteroatoms. The molecule has 1 unspecified atom stereocenters. The topological polar surface area (TPSA) is 99.2 Å². The number of anilines is 1. The number of carbonyl (C=O) groups is 1. The standard InChI is InChI=1S/C29H39N7O2/c1-5-26(37)35-15-13-34(14-16-35)25(17-19(2)3)22-11-9-21(10-12-22)20(4)31-28-30-18-24-27(33-28)36(29(38)32-24)23-7-6-8-23/h5,9-12,18-20,23,25H,1,6-8,13-17H2,2-4H3,(H,32,38)(H,30,31,33)/t20-,25?/m0/s1. The summed E-state index contributed by atoms with van der Waals surface area (Å²) in [7, 11) is 0. The van der Waals surface area contributed by atoms with Crippen molar-refractivity contribution in [1.29, 1.82) is 0 Å². The second-order valence-electron chi connectivity index (χ2n) is 11.1. The van der Waals surface area contributed by atoms with Crippen LogP contribution in [0.5, 0.6) is 0 Å². The van der Waals surface area contributed by atoms with E-state index in [1.54, 1.807) is 10.8 Å². The molecule has 0 radical (unpaired) electrons. The van der Waals surface area contributed by atoms with Crippen LogP contribution in [0.25, 0.3) is 11.2 Å². The Balaban J connectivity index is 1.29. The molecule has 2 fully saturated rings. The second kappa shape index (κ2) is 11.1. The van der Waals surface area contributed by atoms with Crippen LogP contribution in [0, 0.1) is 5.92 Å². The molecule has 9 nitrogen and oxygen atoms in total. The van der Waals surface area contributed by atoms with Crippen molar-refractivity contribution in [1.82, 2.24) is 29.3 Å². The summed E-state index contributed by atoms with van der Waals surface area (Å²) in [5.74, 6) is 1.10. The number of aromatic amines is 1. The SMILES string of the molecule is C=CC(=O)N1CCN(C(CC(C)C)c2ccc([C@H](C)Nc3ncc4[nH]c(=O)n(C5CCC5)c4n3)cc2)CC1. The largest absolute Gasteiger partial charge is 0.348 e. The van der Waals surface area contributed by atoms with E-state index in [-0.39, 0.29) is 23.7 Å². The molecule has 1 saturated carbocycles. The maximum atomic E-state index is 12.5. The van der Waals surface area contributed by atoms with Gasteiger partial charge in [-0.3, -0.25) is 14.3 Å². The van der Waals surface area contributed by atoms with Crippen molar-refractivity contribution in [3.05, 3.63) is 64.7 Å². The zero-order valence-corrected chi connectivity index (χ0v) is 22.7. The van der Waals surface area contributed by atoms with Crippen molar-refractivity contribution >= 4 is 23.0 Å². The minimum Gasteiger partial charge on any atom is -0.348 e. The van der Waals surface area contributed by atoms with E-state index in [1.165, 1.54) is 11.6 Å². The third kappa shape index (κ3) is 5.38. The molecule has 1 aromatic carbocycles. The molecule has 2 N–H and O–H groups in total. The number of nitrogens with one attached hydrogen (secondary N) is 2. The smallest absolute Gasteiger partial charge is 0.327 e. The first kappa shape index (κ1) is 26.2. The van der Waals surface area contributed by atoms with E-state index in [2.05, 4.69) is 71.8 Å². The molecule has 38 heavy (non-hydrogen) atoms. The normalized spacial score (nSPS) is 18.4. The van der Waals surface area contributed by atoms with Crippen LogP contribution in [0.3, 0.4) is 0 Å². The highest BCUT2D eigenvalue weighted by atomic mass is 16.2. The quantitative estimate of drug-likeness (QED) is 0.407. The van der Waals surface area contributed by atoms with Gasteiger partial charge < -0.3 is 15.2 Å². The van der Waals surface area contributed by atoms with Gasteiger partial charge in [0.25, 0.3) is 0 Å². The number of hydrogen-bond acceptors (Lipinski definition) is 6. The summed E-state index contributed by atoms with van der Waals surface area (Å²) >= 11 is 0. The number of carbonyl (C=O) groups excluding carboxylic acids is 1. The summed E-state index contributed by atoms with van der Waals surface area (Å²) in [6.07, 6.45) is 7.34. The molecule has 1 aliphatic carbocycles. The molecule has 202 valence electrons. The second-order valence-corrected chi connectivity index (χ2v) is 11.1. The van der Waals surface area contributed by atoms with Gasteiger partial charge in [0.05, 0.1) is 12.2 Å². The Labute approximate surface area is 224 Å². The Morgan fingerprint density at radius 2 is 1.82 bits per heavy atom. The van der Waals surface area contributed by atoms with Crippen LogP contribution in [-0.2, 0) is 4.79 Å². The van der Waals surface area contributed by atoms with Crippen LogP contribution in [0.4, 0.5) is 5.95 Å². The fraction of sp³-hybridized carbons (Fsp3) is 0.517. The van der Waals surface area contributed by atoms with E-state index in [9.17, 15) is 9.59 Å². The first-order valence-electron chi connectivity index (χ1n) is 13.8. The zero-order valence-electron chi connectivity index (χ0n) is 22.7. The van der Waals surface area contributed by atoms with Crippen molar-refractivity contribution < 1.29 is 4.79 Å². The molecular weight excluding hydrogens is 478 g/mol. The summed E-state index contributed by atoms with van der Waals surface area (Å²) in [6, 6.07) is 9.36. The summed E-state index contributed by atoms with van der Waals surface area (Å²) in [5, 5.41) is 3.42. The van der Waals surface area contributed by atoms with E-state index in [0.717, 1.165) is 57.4 Å². The minimum absolute atomic E-state index is 0.00123. The van der Waals surface area contributed by atoms with E-state index in [0.29, 0.717) is 29.1 Å². The first-order chi connectivity index (χ1) is 18.3. The number of amides is 1. The number of H-pyrrole nitrogens is 1. The maximum absolute atomic E-state index is 12.5.